The van der Waals surface area contributed by atoms with Crippen molar-refractivity contribution in [3.63, 3.8) is 0 Å². The molecule has 0 unspecified atom stereocenters. The number of hydrogen-bond acceptors (Lipinski definition) is 4. The molecule has 1 N–H and O–H groups in total. The van der Waals surface area contributed by atoms with Gasteiger partial charge in [0.15, 0.2) is 0 Å². The van der Waals surface area contributed by atoms with E-state index in [0.717, 1.165) is 11.4 Å². The largest absolute Gasteiger partial charge is 0.395 e. The van der Waals surface area contributed by atoms with Crippen molar-refractivity contribution in [2.75, 3.05) is 19.7 Å². The molecule has 98 valence electrons. The molecule has 0 saturated carbocycles. The van der Waals surface area contributed by atoms with Crippen molar-refractivity contribution >= 4 is 0 Å². The van der Waals surface area contributed by atoms with E-state index in [1.54, 1.807) is 11.0 Å². The van der Waals surface area contributed by atoms with Crippen molar-refractivity contribution in [3.8, 4) is 18.0 Å². The Bertz CT molecular complexity index is 544. The zero-order valence-corrected chi connectivity index (χ0v) is 10.6. The Kier molecular flexibility index (Phi) is 4.67. The first-order valence-electron chi connectivity index (χ1n) is 6.07. The van der Waals surface area contributed by atoms with Crippen LogP contribution in [0.5, 0.6) is 0 Å². The van der Waals surface area contributed by atoms with Gasteiger partial charge in [-0.2, -0.15) is 15.0 Å². The standard InChI is InChI=1S/C14H16N4O/c1-2-8-17(9-10-19)12-13-11-15-18(16-13)14-6-4-3-5-7-14/h1,3-7,11,19H,8-10,12H2. The minimum Gasteiger partial charge on any atom is -0.395 e. The van der Waals surface area contributed by atoms with Gasteiger partial charge in [0.2, 0.25) is 0 Å². The fourth-order valence-corrected chi connectivity index (χ4v) is 1.77. The van der Waals surface area contributed by atoms with Crippen LogP contribution in [-0.4, -0.2) is 44.7 Å². The predicted molar refractivity (Wildman–Crippen MR) is 72.6 cm³/mol. The Morgan fingerprint density at radius 3 is 2.79 bits per heavy atom. The lowest BCUT2D eigenvalue weighted by Crippen LogP contribution is -2.27. The second kappa shape index (κ2) is 6.69. The number of hydrogen-bond donors (Lipinski definition) is 1. The van der Waals surface area contributed by atoms with Crippen molar-refractivity contribution in [1.82, 2.24) is 19.9 Å². The first-order valence-corrected chi connectivity index (χ1v) is 6.07. The molecule has 0 atom stereocenters. The highest BCUT2D eigenvalue weighted by atomic mass is 16.3. The summed E-state index contributed by atoms with van der Waals surface area (Å²) in [6.07, 6.45) is 7.01. The third-order valence-electron chi connectivity index (χ3n) is 2.64. The molecule has 0 aliphatic rings. The maximum absolute atomic E-state index is 8.97. The average Bonchev–Trinajstić information content (AvgIpc) is 2.89. The molecule has 0 spiro atoms. The number of para-hydroxylation sites is 1. The normalized spacial score (nSPS) is 10.6. The van der Waals surface area contributed by atoms with Crippen LogP contribution in [0.3, 0.4) is 0 Å². The fraction of sp³-hybridized carbons (Fsp3) is 0.286. The van der Waals surface area contributed by atoms with Crippen molar-refractivity contribution in [2.24, 2.45) is 0 Å². The summed E-state index contributed by atoms with van der Waals surface area (Å²) < 4.78 is 0. The molecule has 2 rings (SSSR count). The highest BCUT2D eigenvalue weighted by Gasteiger charge is 2.08. The molecule has 0 aliphatic carbocycles. The van der Waals surface area contributed by atoms with E-state index >= 15 is 0 Å². The van der Waals surface area contributed by atoms with Crippen LogP contribution in [0.1, 0.15) is 5.69 Å². The van der Waals surface area contributed by atoms with Gasteiger partial charge in [-0.1, -0.05) is 24.1 Å². The zero-order valence-electron chi connectivity index (χ0n) is 10.6. The van der Waals surface area contributed by atoms with E-state index < -0.39 is 0 Å². The smallest absolute Gasteiger partial charge is 0.0972 e. The summed E-state index contributed by atoms with van der Waals surface area (Å²) in [7, 11) is 0. The third kappa shape index (κ3) is 3.65. The summed E-state index contributed by atoms with van der Waals surface area (Å²) in [5.41, 5.74) is 1.74. The Labute approximate surface area is 112 Å². The molecule has 19 heavy (non-hydrogen) atoms. The Morgan fingerprint density at radius 2 is 2.11 bits per heavy atom. The first kappa shape index (κ1) is 13.3. The van der Waals surface area contributed by atoms with E-state index in [0.29, 0.717) is 19.6 Å². The molecule has 5 heteroatoms. The van der Waals surface area contributed by atoms with Gasteiger partial charge in [-0.3, -0.25) is 4.90 Å². The molecule has 2 aromatic rings. The second-order valence-corrected chi connectivity index (χ2v) is 4.10. The van der Waals surface area contributed by atoms with Crippen LogP contribution in [0.4, 0.5) is 0 Å². The molecule has 1 aromatic carbocycles. The van der Waals surface area contributed by atoms with Gasteiger partial charge in [0.25, 0.3) is 0 Å². The van der Waals surface area contributed by atoms with Crippen LogP contribution >= 0.6 is 0 Å². The van der Waals surface area contributed by atoms with E-state index in [-0.39, 0.29) is 6.61 Å². The Hall–Kier alpha value is -2.16. The second-order valence-electron chi connectivity index (χ2n) is 4.10. The lowest BCUT2D eigenvalue weighted by atomic mass is 10.3. The van der Waals surface area contributed by atoms with Crippen molar-refractivity contribution in [3.05, 3.63) is 42.2 Å². The van der Waals surface area contributed by atoms with Gasteiger partial charge in [0.05, 0.1) is 30.7 Å². The molecule has 0 fully saturated rings. The SMILES string of the molecule is C#CCN(CCO)Cc1cnn(-c2ccccc2)n1. The predicted octanol–water partition coefficient (Wildman–Crippen LogP) is 0.695. The van der Waals surface area contributed by atoms with E-state index in [2.05, 4.69) is 16.1 Å². The van der Waals surface area contributed by atoms with Crippen LogP contribution in [0.15, 0.2) is 36.5 Å². The van der Waals surface area contributed by atoms with Gasteiger partial charge in [0, 0.05) is 13.1 Å². The summed E-state index contributed by atoms with van der Waals surface area (Å²) in [6.45, 7) is 1.67. The zero-order chi connectivity index (χ0) is 13.5. The minimum absolute atomic E-state index is 0.0779. The number of aliphatic hydroxyl groups excluding tert-OH is 1. The molecular weight excluding hydrogens is 240 g/mol. The summed E-state index contributed by atoms with van der Waals surface area (Å²) in [4.78, 5) is 3.53. The van der Waals surface area contributed by atoms with Crippen LogP contribution in [-0.2, 0) is 6.54 Å². The maximum Gasteiger partial charge on any atom is 0.0972 e. The van der Waals surface area contributed by atoms with Gasteiger partial charge in [0.1, 0.15) is 0 Å². The number of aromatic nitrogens is 3. The molecule has 0 bridgehead atoms. The molecule has 5 nitrogen and oxygen atoms in total. The van der Waals surface area contributed by atoms with Crippen LogP contribution in [0.25, 0.3) is 5.69 Å². The number of aliphatic hydroxyl groups is 1. The van der Waals surface area contributed by atoms with Crippen LogP contribution in [0.2, 0.25) is 0 Å². The average molecular weight is 256 g/mol. The van der Waals surface area contributed by atoms with Crippen LogP contribution in [0, 0.1) is 12.3 Å². The monoisotopic (exact) mass is 256 g/mol. The van der Waals surface area contributed by atoms with Crippen molar-refractivity contribution < 1.29 is 5.11 Å². The van der Waals surface area contributed by atoms with Crippen LogP contribution < -0.4 is 0 Å². The van der Waals surface area contributed by atoms with Crippen molar-refractivity contribution in [2.45, 2.75) is 6.54 Å². The van der Waals surface area contributed by atoms with E-state index in [1.807, 2.05) is 35.2 Å². The molecular formula is C14H16N4O. The number of nitrogens with zero attached hydrogens (tertiary/aromatic N) is 4. The molecule has 0 saturated heterocycles. The Morgan fingerprint density at radius 1 is 1.32 bits per heavy atom. The topological polar surface area (TPSA) is 54.2 Å². The Balaban J connectivity index is 2.07. The van der Waals surface area contributed by atoms with E-state index in [4.69, 9.17) is 11.5 Å². The van der Waals surface area contributed by atoms with Gasteiger partial charge < -0.3 is 5.11 Å². The number of benzene rings is 1. The molecule has 0 aliphatic heterocycles. The van der Waals surface area contributed by atoms with E-state index in [1.165, 1.54) is 0 Å². The first-order chi connectivity index (χ1) is 9.33. The third-order valence-corrected chi connectivity index (χ3v) is 2.64. The van der Waals surface area contributed by atoms with E-state index in [9.17, 15) is 0 Å². The molecule has 1 heterocycles. The van der Waals surface area contributed by atoms with Crippen molar-refractivity contribution in [1.29, 1.82) is 0 Å². The lowest BCUT2D eigenvalue weighted by molar-refractivity contribution is 0.204. The lowest BCUT2D eigenvalue weighted by Gasteiger charge is -2.16. The fourth-order valence-electron chi connectivity index (χ4n) is 1.77. The quantitative estimate of drug-likeness (QED) is 0.773. The minimum atomic E-state index is 0.0779. The molecule has 1 aromatic heterocycles. The summed E-state index contributed by atoms with van der Waals surface area (Å²) >= 11 is 0. The maximum atomic E-state index is 8.97. The highest BCUT2D eigenvalue weighted by molar-refractivity contribution is 5.28. The molecule has 0 amide bonds. The summed E-state index contributed by atoms with van der Waals surface area (Å²) in [5.74, 6) is 2.57. The molecule has 0 radical (unpaired) electrons. The highest BCUT2D eigenvalue weighted by Crippen LogP contribution is 2.05. The number of rotatable bonds is 6. The van der Waals surface area contributed by atoms with Gasteiger partial charge in [-0.15, -0.1) is 6.42 Å². The summed E-state index contributed by atoms with van der Waals surface area (Å²) in [5, 5.41) is 17.6. The number of terminal acetylenes is 1. The van der Waals surface area contributed by atoms with Gasteiger partial charge >= 0.3 is 0 Å². The summed E-state index contributed by atoms with van der Waals surface area (Å²) in [6, 6.07) is 9.71. The van der Waals surface area contributed by atoms with Gasteiger partial charge in [-0.25, -0.2) is 0 Å². The van der Waals surface area contributed by atoms with Gasteiger partial charge in [-0.05, 0) is 12.1 Å².